The van der Waals surface area contributed by atoms with Gasteiger partial charge in [0.25, 0.3) is 0 Å². The zero-order chi connectivity index (χ0) is 8.85. The highest BCUT2D eigenvalue weighted by molar-refractivity contribution is 4.85. The van der Waals surface area contributed by atoms with Crippen LogP contribution in [0.4, 0.5) is 4.39 Å². The van der Waals surface area contributed by atoms with E-state index >= 15 is 0 Å². The van der Waals surface area contributed by atoms with E-state index in [9.17, 15) is 4.39 Å². The standard InChI is InChI=1S/C5H6FN3.C2H6/c1-3-7-4(2)9-5(6)8-3;1-2/h1-2H3;1-2H3. The number of aryl methyl sites for hydroxylation is 2. The molecule has 0 aromatic carbocycles. The van der Waals surface area contributed by atoms with Gasteiger partial charge in [-0.2, -0.15) is 14.4 Å². The molecule has 3 nitrogen and oxygen atoms in total. The summed E-state index contributed by atoms with van der Waals surface area (Å²) in [6.45, 7) is 7.25. The molecule has 0 atom stereocenters. The second kappa shape index (κ2) is 4.71. The Morgan fingerprint density at radius 3 is 1.55 bits per heavy atom. The van der Waals surface area contributed by atoms with Crippen molar-refractivity contribution in [3.63, 3.8) is 0 Å². The summed E-state index contributed by atoms with van der Waals surface area (Å²) in [5.41, 5.74) is 0. The monoisotopic (exact) mass is 157 g/mol. The Morgan fingerprint density at radius 1 is 0.909 bits per heavy atom. The molecule has 0 N–H and O–H groups in total. The molecule has 0 saturated carbocycles. The van der Waals surface area contributed by atoms with Crippen LogP contribution in [0.15, 0.2) is 0 Å². The Morgan fingerprint density at radius 2 is 1.27 bits per heavy atom. The topological polar surface area (TPSA) is 38.7 Å². The Labute approximate surface area is 65.7 Å². The van der Waals surface area contributed by atoms with E-state index in [1.54, 1.807) is 13.8 Å². The predicted octanol–water partition coefficient (Wildman–Crippen LogP) is 1.65. The van der Waals surface area contributed by atoms with E-state index < -0.39 is 6.08 Å². The van der Waals surface area contributed by atoms with Crippen LogP contribution < -0.4 is 0 Å². The van der Waals surface area contributed by atoms with Crippen LogP contribution >= 0.6 is 0 Å². The lowest BCUT2D eigenvalue weighted by atomic mass is 10.6. The normalized spacial score (nSPS) is 8.45. The quantitative estimate of drug-likeness (QED) is 0.574. The molecular formula is C7H12FN3. The zero-order valence-electron chi connectivity index (χ0n) is 7.22. The van der Waals surface area contributed by atoms with Gasteiger partial charge in [-0.15, -0.1) is 0 Å². The van der Waals surface area contributed by atoms with Gasteiger partial charge in [-0.05, 0) is 13.8 Å². The first-order valence-electron chi connectivity index (χ1n) is 3.53. The van der Waals surface area contributed by atoms with E-state index in [1.807, 2.05) is 13.8 Å². The van der Waals surface area contributed by atoms with Gasteiger partial charge >= 0.3 is 6.08 Å². The maximum Gasteiger partial charge on any atom is 0.312 e. The number of rotatable bonds is 0. The number of halogens is 1. The first kappa shape index (κ1) is 9.94. The molecule has 1 aromatic heterocycles. The lowest BCUT2D eigenvalue weighted by Crippen LogP contribution is -1.98. The van der Waals surface area contributed by atoms with Gasteiger partial charge in [0, 0.05) is 0 Å². The summed E-state index contributed by atoms with van der Waals surface area (Å²) < 4.78 is 12.2. The van der Waals surface area contributed by atoms with Crippen molar-refractivity contribution in [2.45, 2.75) is 27.7 Å². The Balaban J connectivity index is 0.000000461. The van der Waals surface area contributed by atoms with Gasteiger partial charge in [0.2, 0.25) is 0 Å². The summed E-state index contributed by atoms with van der Waals surface area (Å²) >= 11 is 0. The summed E-state index contributed by atoms with van der Waals surface area (Å²) in [6.07, 6.45) is -0.708. The summed E-state index contributed by atoms with van der Waals surface area (Å²) in [6, 6.07) is 0. The highest BCUT2D eigenvalue weighted by atomic mass is 19.1. The fourth-order valence-electron chi connectivity index (χ4n) is 0.576. The van der Waals surface area contributed by atoms with Crippen molar-refractivity contribution in [3.8, 4) is 0 Å². The van der Waals surface area contributed by atoms with Gasteiger partial charge in [-0.3, -0.25) is 0 Å². The van der Waals surface area contributed by atoms with E-state index in [1.165, 1.54) is 0 Å². The maximum atomic E-state index is 12.2. The summed E-state index contributed by atoms with van der Waals surface area (Å²) in [5.74, 6) is 0.833. The van der Waals surface area contributed by atoms with Crippen LogP contribution in [0.1, 0.15) is 25.5 Å². The second-order valence-corrected chi connectivity index (χ2v) is 1.70. The molecule has 0 fully saturated rings. The number of nitrogens with zero attached hydrogens (tertiary/aromatic N) is 3. The SMILES string of the molecule is CC.Cc1nc(C)nc(F)n1. The smallest absolute Gasteiger partial charge is 0.218 e. The Bertz CT molecular complexity index is 174. The molecule has 1 aromatic rings. The average molecular weight is 157 g/mol. The molecule has 4 heteroatoms. The third kappa shape index (κ3) is 3.60. The van der Waals surface area contributed by atoms with E-state index in [0.29, 0.717) is 11.6 Å². The number of aromatic nitrogens is 3. The molecule has 1 heterocycles. The molecule has 1 rings (SSSR count). The molecule has 0 spiro atoms. The molecule has 0 aliphatic carbocycles. The lowest BCUT2D eigenvalue weighted by Gasteiger charge is -1.91. The molecule has 0 saturated heterocycles. The highest BCUT2D eigenvalue weighted by Gasteiger charge is 1.95. The van der Waals surface area contributed by atoms with E-state index in [2.05, 4.69) is 15.0 Å². The largest absolute Gasteiger partial charge is 0.312 e. The van der Waals surface area contributed by atoms with Crippen LogP contribution in [0.2, 0.25) is 0 Å². The van der Waals surface area contributed by atoms with Crippen LogP contribution in [-0.2, 0) is 0 Å². The van der Waals surface area contributed by atoms with Crippen LogP contribution in [-0.4, -0.2) is 15.0 Å². The first-order chi connectivity index (χ1) is 5.18. The molecule has 62 valence electrons. The van der Waals surface area contributed by atoms with Gasteiger partial charge in [-0.1, -0.05) is 13.8 Å². The Hall–Kier alpha value is -1.06. The predicted molar refractivity (Wildman–Crippen MR) is 40.6 cm³/mol. The summed E-state index contributed by atoms with van der Waals surface area (Å²) in [7, 11) is 0. The van der Waals surface area contributed by atoms with Crippen molar-refractivity contribution >= 4 is 0 Å². The Kier molecular flexibility index (Phi) is 4.26. The number of hydrogen-bond acceptors (Lipinski definition) is 3. The van der Waals surface area contributed by atoms with E-state index in [-0.39, 0.29) is 0 Å². The van der Waals surface area contributed by atoms with E-state index in [0.717, 1.165) is 0 Å². The van der Waals surface area contributed by atoms with Crippen LogP contribution in [0, 0.1) is 19.9 Å². The fraction of sp³-hybridized carbons (Fsp3) is 0.571. The molecule has 0 aliphatic rings. The minimum Gasteiger partial charge on any atom is -0.218 e. The van der Waals surface area contributed by atoms with Gasteiger partial charge in [0.05, 0.1) is 0 Å². The highest BCUT2D eigenvalue weighted by Crippen LogP contribution is 1.90. The van der Waals surface area contributed by atoms with Crippen molar-refractivity contribution in [1.29, 1.82) is 0 Å². The molecule has 0 radical (unpaired) electrons. The van der Waals surface area contributed by atoms with Crippen molar-refractivity contribution in [2.75, 3.05) is 0 Å². The molecule has 0 amide bonds. The minimum atomic E-state index is -0.708. The minimum absolute atomic E-state index is 0.417. The van der Waals surface area contributed by atoms with Gasteiger partial charge in [-0.25, -0.2) is 4.98 Å². The summed E-state index contributed by atoms with van der Waals surface area (Å²) in [5, 5.41) is 0. The van der Waals surface area contributed by atoms with Gasteiger partial charge < -0.3 is 0 Å². The molecule has 11 heavy (non-hydrogen) atoms. The van der Waals surface area contributed by atoms with Crippen molar-refractivity contribution < 1.29 is 4.39 Å². The molecule has 0 aliphatic heterocycles. The van der Waals surface area contributed by atoms with E-state index in [4.69, 9.17) is 0 Å². The maximum absolute atomic E-state index is 12.2. The number of hydrogen-bond donors (Lipinski definition) is 0. The van der Waals surface area contributed by atoms with Gasteiger partial charge in [0.1, 0.15) is 11.6 Å². The zero-order valence-corrected chi connectivity index (χ0v) is 7.22. The average Bonchev–Trinajstić information content (AvgIpc) is 1.88. The van der Waals surface area contributed by atoms with Crippen molar-refractivity contribution in [3.05, 3.63) is 17.7 Å². The van der Waals surface area contributed by atoms with Gasteiger partial charge in [0.15, 0.2) is 0 Å². The second-order valence-electron chi connectivity index (χ2n) is 1.70. The fourth-order valence-corrected chi connectivity index (χ4v) is 0.576. The van der Waals surface area contributed by atoms with Crippen LogP contribution in [0.25, 0.3) is 0 Å². The summed E-state index contributed by atoms with van der Waals surface area (Å²) in [4.78, 5) is 10.5. The third-order valence-electron chi connectivity index (χ3n) is 0.832. The lowest BCUT2D eigenvalue weighted by molar-refractivity contribution is 0.521. The molecule has 0 bridgehead atoms. The van der Waals surface area contributed by atoms with Crippen molar-refractivity contribution in [1.82, 2.24) is 15.0 Å². The van der Waals surface area contributed by atoms with Crippen LogP contribution in [0.3, 0.4) is 0 Å². The third-order valence-corrected chi connectivity index (χ3v) is 0.832. The van der Waals surface area contributed by atoms with Crippen LogP contribution in [0.5, 0.6) is 0 Å². The first-order valence-corrected chi connectivity index (χ1v) is 3.53. The molecule has 0 unspecified atom stereocenters. The van der Waals surface area contributed by atoms with Crippen molar-refractivity contribution in [2.24, 2.45) is 0 Å². The molecular weight excluding hydrogens is 145 g/mol.